The highest BCUT2D eigenvalue weighted by Gasteiger charge is 2.11. The first-order chi connectivity index (χ1) is 10.5. The van der Waals surface area contributed by atoms with Crippen LogP contribution in [0.15, 0.2) is 53.6 Å². The number of aryl methyl sites for hydroxylation is 1. The summed E-state index contributed by atoms with van der Waals surface area (Å²) in [6.45, 7) is 3.77. The molecule has 0 fully saturated rings. The largest absolute Gasteiger partial charge is 0.508 e. The third kappa shape index (κ3) is 4.63. The Morgan fingerprint density at radius 2 is 1.95 bits per heavy atom. The number of rotatable bonds is 5. The Morgan fingerprint density at radius 3 is 2.64 bits per heavy atom. The van der Waals surface area contributed by atoms with Crippen LogP contribution in [0.3, 0.4) is 0 Å². The van der Waals surface area contributed by atoms with Gasteiger partial charge in [-0.3, -0.25) is 4.79 Å². The molecule has 0 saturated heterocycles. The molecule has 0 aromatic heterocycles. The van der Waals surface area contributed by atoms with Gasteiger partial charge in [0.1, 0.15) is 11.8 Å². The third-order valence-electron chi connectivity index (χ3n) is 3.08. The molecule has 1 amide bonds. The van der Waals surface area contributed by atoms with E-state index in [9.17, 15) is 9.90 Å². The van der Waals surface area contributed by atoms with Crippen LogP contribution in [0.4, 0.5) is 5.69 Å². The molecule has 5 heteroatoms. The van der Waals surface area contributed by atoms with Crippen molar-refractivity contribution in [2.45, 2.75) is 19.9 Å². The van der Waals surface area contributed by atoms with Crippen LogP contribution in [0.25, 0.3) is 0 Å². The molecule has 2 aromatic carbocycles. The topological polar surface area (TPSA) is 73.7 Å². The van der Waals surface area contributed by atoms with Crippen LogP contribution in [0.1, 0.15) is 18.1 Å². The van der Waals surface area contributed by atoms with Crippen LogP contribution < -0.4 is 10.7 Å². The van der Waals surface area contributed by atoms with Gasteiger partial charge in [0, 0.05) is 5.69 Å². The van der Waals surface area contributed by atoms with Gasteiger partial charge in [-0.2, -0.15) is 5.10 Å². The van der Waals surface area contributed by atoms with E-state index in [0.717, 1.165) is 16.8 Å². The van der Waals surface area contributed by atoms with Gasteiger partial charge in [-0.05, 0) is 61.4 Å². The fraction of sp³-hybridized carbons (Fsp3) is 0.176. The highest BCUT2D eigenvalue weighted by Crippen LogP contribution is 2.11. The van der Waals surface area contributed by atoms with Gasteiger partial charge >= 0.3 is 0 Å². The van der Waals surface area contributed by atoms with Crippen LogP contribution in [0, 0.1) is 6.92 Å². The number of aromatic hydroxyl groups is 1. The van der Waals surface area contributed by atoms with Crippen LogP contribution >= 0.6 is 0 Å². The number of carbonyl (C=O) groups excluding carboxylic acids is 1. The summed E-state index contributed by atoms with van der Waals surface area (Å²) in [7, 11) is 0. The average Bonchev–Trinajstić information content (AvgIpc) is 2.49. The summed E-state index contributed by atoms with van der Waals surface area (Å²) in [5, 5.41) is 16.2. The third-order valence-corrected chi connectivity index (χ3v) is 3.08. The number of phenolic OH excluding ortho intramolecular Hbond substituents is 1. The smallest absolute Gasteiger partial charge is 0.262 e. The van der Waals surface area contributed by atoms with Gasteiger partial charge in [-0.1, -0.05) is 12.1 Å². The van der Waals surface area contributed by atoms with Crippen molar-refractivity contribution in [2.75, 3.05) is 5.32 Å². The first kappa shape index (κ1) is 15.6. The molecule has 2 aromatic rings. The maximum atomic E-state index is 11.9. The monoisotopic (exact) mass is 297 g/mol. The number of carbonyl (C=O) groups is 1. The molecular formula is C17H19N3O2. The van der Waals surface area contributed by atoms with Gasteiger partial charge in [0.25, 0.3) is 5.91 Å². The Labute approximate surface area is 129 Å². The number of nitrogens with zero attached hydrogens (tertiary/aromatic N) is 1. The zero-order valence-corrected chi connectivity index (χ0v) is 12.6. The van der Waals surface area contributed by atoms with Crippen molar-refractivity contribution in [3.8, 4) is 5.75 Å². The lowest BCUT2D eigenvalue weighted by Crippen LogP contribution is -2.34. The molecule has 0 bridgehead atoms. The standard InChI is InChI=1S/C17H19N3O2/c1-12-4-3-5-15(10-12)19-13(2)17(22)20-18-11-14-6-8-16(21)9-7-14/h3-11,13,19,21H,1-2H3,(H,20,22)/b18-11-/t13-/m1/s1. The van der Waals surface area contributed by atoms with E-state index in [2.05, 4.69) is 15.8 Å². The fourth-order valence-corrected chi connectivity index (χ4v) is 1.88. The Hall–Kier alpha value is -2.82. The summed E-state index contributed by atoms with van der Waals surface area (Å²) in [5.74, 6) is -0.0336. The van der Waals surface area contributed by atoms with Gasteiger partial charge in [0.15, 0.2) is 0 Å². The molecule has 0 spiro atoms. The van der Waals surface area contributed by atoms with Crippen molar-refractivity contribution < 1.29 is 9.90 Å². The summed E-state index contributed by atoms with van der Waals surface area (Å²) in [4.78, 5) is 11.9. The number of benzene rings is 2. The number of hydrogen-bond donors (Lipinski definition) is 3. The highest BCUT2D eigenvalue weighted by molar-refractivity contribution is 5.86. The number of amides is 1. The summed E-state index contributed by atoms with van der Waals surface area (Å²) >= 11 is 0. The lowest BCUT2D eigenvalue weighted by molar-refractivity contribution is -0.121. The van der Waals surface area contributed by atoms with Crippen molar-refractivity contribution in [2.24, 2.45) is 5.10 Å². The zero-order chi connectivity index (χ0) is 15.9. The Morgan fingerprint density at radius 1 is 1.23 bits per heavy atom. The first-order valence-electron chi connectivity index (χ1n) is 7.00. The molecule has 0 unspecified atom stereocenters. The van der Waals surface area contributed by atoms with Crippen molar-refractivity contribution >= 4 is 17.8 Å². The van der Waals surface area contributed by atoms with Crippen LogP contribution in [-0.2, 0) is 4.79 Å². The number of nitrogens with one attached hydrogen (secondary N) is 2. The SMILES string of the molecule is Cc1cccc(N[C@H](C)C(=O)N/N=C\c2ccc(O)cc2)c1. The van der Waals surface area contributed by atoms with E-state index in [1.54, 1.807) is 31.2 Å². The summed E-state index contributed by atoms with van der Waals surface area (Å²) in [6.07, 6.45) is 1.52. The second kappa shape index (κ2) is 7.26. The number of anilines is 1. The molecule has 0 aliphatic rings. The van der Waals surface area contributed by atoms with Crippen molar-refractivity contribution in [1.82, 2.24) is 5.43 Å². The Bertz CT molecular complexity index is 666. The van der Waals surface area contributed by atoms with Crippen LogP contribution in [0.5, 0.6) is 5.75 Å². The molecule has 3 N–H and O–H groups in total. The van der Waals surface area contributed by atoms with Crippen molar-refractivity contribution in [3.05, 3.63) is 59.7 Å². The number of hydrazone groups is 1. The molecule has 0 radical (unpaired) electrons. The number of phenols is 1. The van der Waals surface area contributed by atoms with Gasteiger partial charge in [0.2, 0.25) is 0 Å². The second-order valence-corrected chi connectivity index (χ2v) is 5.06. The first-order valence-corrected chi connectivity index (χ1v) is 7.00. The summed E-state index contributed by atoms with van der Waals surface area (Å²) in [5.41, 5.74) is 5.30. The van der Waals surface area contributed by atoms with E-state index in [4.69, 9.17) is 0 Å². The quantitative estimate of drug-likeness (QED) is 0.587. The minimum absolute atomic E-state index is 0.192. The van der Waals surface area contributed by atoms with Crippen molar-refractivity contribution in [3.63, 3.8) is 0 Å². The van der Waals surface area contributed by atoms with Gasteiger partial charge in [-0.25, -0.2) is 5.43 Å². The predicted molar refractivity (Wildman–Crippen MR) is 88.1 cm³/mol. The molecule has 2 rings (SSSR count). The maximum Gasteiger partial charge on any atom is 0.262 e. The minimum atomic E-state index is -0.404. The predicted octanol–water partition coefficient (Wildman–Crippen LogP) is 2.65. The molecule has 0 aliphatic heterocycles. The zero-order valence-electron chi connectivity index (χ0n) is 12.6. The molecule has 1 atom stereocenters. The lowest BCUT2D eigenvalue weighted by atomic mass is 10.2. The van der Waals surface area contributed by atoms with E-state index < -0.39 is 6.04 Å². The number of hydrogen-bond acceptors (Lipinski definition) is 4. The van der Waals surface area contributed by atoms with E-state index >= 15 is 0 Å². The maximum absolute atomic E-state index is 11.9. The fourth-order valence-electron chi connectivity index (χ4n) is 1.88. The normalized spacial score (nSPS) is 12.1. The van der Waals surface area contributed by atoms with E-state index in [1.807, 2.05) is 31.2 Å². The highest BCUT2D eigenvalue weighted by atomic mass is 16.3. The molecule has 5 nitrogen and oxygen atoms in total. The molecule has 0 saturated carbocycles. The molecule has 0 heterocycles. The Balaban J connectivity index is 1.87. The molecule has 0 aliphatic carbocycles. The van der Waals surface area contributed by atoms with Gasteiger partial charge < -0.3 is 10.4 Å². The molecule has 22 heavy (non-hydrogen) atoms. The van der Waals surface area contributed by atoms with Crippen LogP contribution in [-0.4, -0.2) is 23.3 Å². The molecular weight excluding hydrogens is 278 g/mol. The van der Waals surface area contributed by atoms with Gasteiger partial charge in [-0.15, -0.1) is 0 Å². The lowest BCUT2D eigenvalue weighted by Gasteiger charge is -2.13. The summed E-state index contributed by atoms with van der Waals surface area (Å²) in [6, 6.07) is 14.0. The second-order valence-electron chi connectivity index (χ2n) is 5.06. The summed E-state index contributed by atoms with van der Waals surface area (Å²) < 4.78 is 0. The van der Waals surface area contributed by atoms with E-state index in [0.29, 0.717) is 0 Å². The van der Waals surface area contributed by atoms with Crippen molar-refractivity contribution in [1.29, 1.82) is 0 Å². The van der Waals surface area contributed by atoms with E-state index in [-0.39, 0.29) is 11.7 Å². The van der Waals surface area contributed by atoms with E-state index in [1.165, 1.54) is 6.21 Å². The minimum Gasteiger partial charge on any atom is -0.508 e. The Kier molecular flexibility index (Phi) is 5.14. The van der Waals surface area contributed by atoms with Gasteiger partial charge in [0.05, 0.1) is 6.21 Å². The molecule has 114 valence electrons. The van der Waals surface area contributed by atoms with Crippen LogP contribution in [0.2, 0.25) is 0 Å². The average molecular weight is 297 g/mol.